The SMILES string of the molecule is CC.CC.CCC(C)=C(C(C)=N)C(CC)C(F)(F)CCC(C)CC.CCC(C)CCCC(NC(=O)c1ccnn1C)c1cnc(C)[nH]1. The van der Waals surface area contributed by atoms with Gasteiger partial charge in [-0.2, -0.15) is 5.10 Å². The van der Waals surface area contributed by atoms with E-state index in [0.29, 0.717) is 41.7 Å². The highest BCUT2D eigenvalue weighted by atomic mass is 19.3. The molecular weight excluding hydrogens is 594 g/mol. The number of rotatable bonds is 17. The Morgan fingerprint density at radius 3 is 2.00 bits per heavy atom. The normalized spacial score (nSPS) is 14.0. The van der Waals surface area contributed by atoms with Gasteiger partial charge in [0.05, 0.1) is 17.9 Å². The van der Waals surface area contributed by atoms with Crippen LogP contribution in [-0.2, 0) is 7.05 Å². The summed E-state index contributed by atoms with van der Waals surface area (Å²) in [6, 6.07) is 1.67. The minimum atomic E-state index is -2.72. The van der Waals surface area contributed by atoms with Crippen molar-refractivity contribution in [1.29, 1.82) is 5.41 Å². The second-order valence-corrected chi connectivity index (χ2v) is 12.2. The molecule has 4 atom stereocenters. The van der Waals surface area contributed by atoms with E-state index in [1.807, 2.05) is 68.5 Å². The van der Waals surface area contributed by atoms with E-state index >= 15 is 0 Å². The highest BCUT2D eigenvalue weighted by Crippen LogP contribution is 2.40. The molecule has 2 aromatic heterocycles. The number of carbonyl (C=O) groups excluding carboxylic acids is 1. The van der Waals surface area contributed by atoms with Crippen LogP contribution in [-0.4, -0.2) is 37.3 Å². The van der Waals surface area contributed by atoms with Gasteiger partial charge in [-0.15, -0.1) is 0 Å². The van der Waals surface area contributed by atoms with Crippen molar-refractivity contribution in [2.45, 2.75) is 160 Å². The molecule has 47 heavy (non-hydrogen) atoms. The fraction of sp³-hybridized carbons (Fsp3) is 0.737. The molecule has 7 nitrogen and oxygen atoms in total. The Hall–Kier alpha value is -2.84. The molecule has 0 aliphatic heterocycles. The third kappa shape index (κ3) is 16.7. The minimum Gasteiger partial charge on any atom is -0.344 e. The van der Waals surface area contributed by atoms with Gasteiger partial charge in [-0.05, 0) is 69.9 Å². The minimum absolute atomic E-state index is 0.0531. The molecule has 0 saturated heterocycles. The number of halogens is 2. The molecule has 0 aromatic carbocycles. The molecule has 2 rings (SSSR count). The van der Waals surface area contributed by atoms with Crippen LogP contribution < -0.4 is 5.32 Å². The van der Waals surface area contributed by atoms with Gasteiger partial charge in [0.25, 0.3) is 11.8 Å². The van der Waals surface area contributed by atoms with Crippen molar-refractivity contribution in [3.05, 3.63) is 46.8 Å². The molecule has 272 valence electrons. The number of aromatic nitrogens is 4. The van der Waals surface area contributed by atoms with Gasteiger partial charge in [-0.1, -0.05) is 100 Å². The lowest BCUT2D eigenvalue weighted by Crippen LogP contribution is -2.32. The van der Waals surface area contributed by atoms with Crippen LogP contribution in [0.1, 0.15) is 169 Å². The number of carbonyl (C=O) groups is 1. The van der Waals surface area contributed by atoms with Crippen molar-refractivity contribution in [3.63, 3.8) is 0 Å². The molecule has 9 heteroatoms. The number of amides is 1. The van der Waals surface area contributed by atoms with Crippen molar-refractivity contribution in [2.24, 2.45) is 24.8 Å². The van der Waals surface area contributed by atoms with Crippen molar-refractivity contribution in [1.82, 2.24) is 25.1 Å². The Labute approximate surface area is 286 Å². The summed E-state index contributed by atoms with van der Waals surface area (Å²) in [7, 11) is 1.77. The van der Waals surface area contributed by atoms with Crippen molar-refractivity contribution in [2.75, 3.05) is 0 Å². The maximum absolute atomic E-state index is 14.6. The fourth-order valence-electron chi connectivity index (χ4n) is 5.23. The second-order valence-electron chi connectivity index (χ2n) is 12.2. The molecule has 2 heterocycles. The third-order valence-corrected chi connectivity index (χ3v) is 8.67. The monoisotopic (exact) mass is 665 g/mol. The standard InChI is InChI=1S/C17H31F2N.C17H27N5O.2C2H6/c1-7-12(4)10-11-17(18,19)15(9-3)16(14(6)20)13(5)8-2;1-5-12(2)7-6-8-14(15-11-18-13(3)20-15)21-17(23)16-9-10-19-22(16)4;2*1-2/h12,15,20H,7-11H2,1-6H3;9-12,14H,5-8H2,1-4H3,(H,18,20)(H,21,23);2*1-2H3. The molecule has 4 unspecified atom stereocenters. The molecule has 0 radical (unpaired) electrons. The van der Waals surface area contributed by atoms with Crippen LogP contribution in [0.2, 0.25) is 0 Å². The maximum Gasteiger partial charge on any atom is 0.270 e. The van der Waals surface area contributed by atoms with Crippen LogP contribution >= 0.6 is 0 Å². The lowest BCUT2D eigenvalue weighted by atomic mass is 9.81. The summed E-state index contributed by atoms with van der Waals surface area (Å²) < 4.78 is 30.7. The summed E-state index contributed by atoms with van der Waals surface area (Å²) in [4.78, 5) is 20.0. The predicted molar refractivity (Wildman–Crippen MR) is 197 cm³/mol. The average molecular weight is 665 g/mol. The van der Waals surface area contributed by atoms with E-state index < -0.39 is 11.8 Å². The van der Waals surface area contributed by atoms with Gasteiger partial charge in [-0.3, -0.25) is 9.48 Å². The van der Waals surface area contributed by atoms with Gasteiger partial charge in [0.15, 0.2) is 0 Å². The molecule has 0 fully saturated rings. The van der Waals surface area contributed by atoms with E-state index in [9.17, 15) is 13.6 Å². The number of nitrogens with zero attached hydrogens (tertiary/aromatic N) is 3. The first-order chi connectivity index (χ1) is 22.2. The van der Waals surface area contributed by atoms with E-state index in [-0.39, 0.29) is 18.4 Å². The van der Waals surface area contributed by atoms with Gasteiger partial charge >= 0.3 is 0 Å². The van der Waals surface area contributed by atoms with E-state index in [1.54, 1.807) is 37.8 Å². The second kappa shape index (κ2) is 25.2. The number of hydrogen-bond donors (Lipinski definition) is 3. The van der Waals surface area contributed by atoms with Gasteiger partial charge in [0.2, 0.25) is 0 Å². The number of nitrogens with one attached hydrogen (secondary N) is 3. The van der Waals surface area contributed by atoms with Gasteiger partial charge in [0, 0.05) is 31.3 Å². The van der Waals surface area contributed by atoms with Crippen molar-refractivity contribution >= 4 is 11.6 Å². The topological polar surface area (TPSA) is 99.5 Å². The summed E-state index contributed by atoms with van der Waals surface area (Å²) in [6.07, 6.45) is 10.3. The predicted octanol–water partition coefficient (Wildman–Crippen LogP) is 11.4. The summed E-state index contributed by atoms with van der Waals surface area (Å²) in [6.45, 7) is 25.7. The number of aromatic amines is 1. The fourth-order valence-corrected chi connectivity index (χ4v) is 5.23. The molecule has 2 aromatic rings. The lowest BCUT2D eigenvalue weighted by Gasteiger charge is -2.30. The van der Waals surface area contributed by atoms with Crippen molar-refractivity contribution < 1.29 is 13.6 Å². The first-order valence-corrected chi connectivity index (χ1v) is 18.1. The van der Waals surface area contributed by atoms with Crippen molar-refractivity contribution in [3.8, 4) is 0 Å². The molecule has 0 aliphatic carbocycles. The Morgan fingerprint density at radius 1 is 1.00 bits per heavy atom. The number of alkyl halides is 2. The third-order valence-electron chi connectivity index (χ3n) is 8.67. The van der Waals surface area contributed by atoms with Crippen LogP contribution in [0.3, 0.4) is 0 Å². The van der Waals surface area contributed by atoms with Gasteiger partial charge in [-0.25, -0.2) is 13.8 Å². The Kier molecular flexibility index (Phi) is 24.8. The number of allylic oxidation sites excluding steroid dienone is 2. The largest absolute Gasteiger partial charge is 0.344 e. The number of hydrogen-bond acceptors (Lipinski definition) is 4. The Balaban J connectivity index is 0. The molecular formula is C38H70F2N6O. The lowest BCUT2D eigenvalue weighted by molar-refractivity contribution is -0.0559. The molecule has 3 N–H and O–H groups in total. The number of imidazole rings is 1. The van der Waals surface area contributed by atoms with Crippen LogP contribution in [0.4, 0.5) is 8.78 Å². The zero-order valence-corrected chi connectivity index (χ0v) is 32.4. The van der Waals surface area contributed by atoms with Crippen LogP contribution in [0, 0.1) is 30.1 Å². The summed E-state index contributed by atoms with van der Waals surface area (Å²) >= 11 is 0. The summed E-state index contributed by atoms with van der Waals surface area (Å²) in [5.74, 6) is -1.73. The highest BCUT2D eigenvalue weighted by Gasteiger charge is 2.41. The van der Waals surface area contributed by atoms with E-state index in [4.69, 9.17) is 5.41 Å². The first kappa shape index (κ1) is 46.3. The highest BCUT2D eigenvalue weighted by molar-refractivity contribution is 5.97. The molecule has 0 spiro atoms. The smallest absolute Gasteiger partial charge is 0.270 e. The van der Waals surface area contributed by atoms with E-state index in [0.717, 1.165) is 42.8 Å². The summed E-state index contributed by atoms with van der Waals surface area (Å²) in [5, 5.41) is 15.0. The zero-order chi connectivity index (χ0) is 36.7. The molecule has 0 bridgehead atoms. The summed E-state index contributed by atoms with van der Waals surface area (Å²) in [5.41, 5.74) is 3.31. The Bertz CT molecular complexity index is 1150. The zero-order valence-electron chi connectivity index (χ0n) is 32.4. The average Bonchev–Trinajstić information content (AvgIpc) is 3.71. The van der Waals surface area contributed by atoms with Gasteiger partial charge in [0.1, 0.15) is 11.5 Å². The number of H-pyrrole nitrogens is 1. The molecule has 0 saturated carbocycles. The van der Waals surface area contributed by atoms with Crippen LogP contribution in [0.5, 0.6) is 0 Å². The van der Waals surface area contributed by atoms with E-state index in [2.05, 4.69) is 34.2 Å². The Morgan fingerprint density at radius 2 is 1.57 bits per heavy atom. The molecule has 1 amide bonds. The van der Waals surface area contributed by atoms with Crippen LogP contribution in [0.25, 0.3) is 0 Å². The first-order valence-electron chi connectivity index (χ1n) is 18.1. The van der Waals surface area contributed by atoms with Crippen LogP contribution in [0.15, 0.2) is 29.6 Å². The van der Waals surface area contributed by atoms with E-state index in [1.165, 1.54) is 12.8 Å². The maximum atomic E-state index is 14.6. The quantitative estimate of drug-likeness (QED) is 0.147. The number of aryl methyl sites for hydroxylation is 2. The van der Waals surface area contributed by atoms with Gasteiger partial charge < -0.3 is 15.7 Å². The molecule has 0 aliphatic rings.